The maximum Gasteiger partial charge on any atom is 0.159 e. The molecule has 1 unspecified atom stereocenters. The molecule has 2 aromatic rings. The van der Waals surface area contributed by atoms with E-state index < -0.39 is 0 Å². The Morgan fingerprint density at radius 3 is 2.81 bits per heavy atom. The molecule has 0 radical (unpaired) electrons. The highest BCUT2D eigenvalue weighted by Crippen LogP contribution is 2.28. The van der Waals surface area contributed by atoms with Crippen molar-refractivity contribution in [3.8, 4) is 0 Å². The van der Waals surface area contributed by atoms with E-state index >= 15 is 0 Å². The van der Waals surface area contributed by atoms with Crippen LogP contribution in [0.25, 0.3) is 11.0 Å². The summed E-state index contributed by atoms with van der Waals surface area (Å²) in [6.07, 6.45) is 1.73. The molecule has 1 aliphatic rings. The van der Waals surface area contributed by atoms with Gasteiger partial charge in [0, 0.05) is 11.8 Å². The zero-order chi connectivity index (χ0) is 14.7. The number of furan rings is 1. The molecule has 114 valence electrons. The van der Waals surface area contributed by atoms with Crippen molar-refractivity contribution in [3.63, 3.8) is 0 Å². The molecule has 0 saturated carbocycles. The van der Waals surface area contributed by atoms with Gasteiger partial charge in [-0.2, -0.15) is 0 Å². The molecule has 4 heteroatoms. The van der Waals surface area contributed by atoms with Crippen molar-refractivity contribution in [2.75, 3.05) is 19.8 Å². The Kier molecular flexibility index (Phi) is 4.58. The molecule has 1 aromatic carbocycles. The number of fused-ring (bicyclic) bond motifs is 1. The third-order valence-electron chi connectivity index (χ3n) is 3.79. The molecule has 0 amide bonds. The number of nitrogens with one attached hydrogen (secondary N) is 1. The Balaban J connectivity index is 1.81. The van der Waals surface area contributed by atoms with Crippen molar-refractivity contribution in [1.29, 1.82) is 0 Å². The lowest BCUT2D eigenvalue weighted by atomic mass is 10.1. The molecule has 1 atom stereocenters. The maximum atomic E-state index is 6.02. The maximum absolute atomic E-state index is 6.02. The second-order valence-electron chi connectivity index (χ2n) is 5.60. The summed E-state index contributed by atoms with van der Waals surface area (Å²) in [5, 5.41) is 4.69. The van der Waals surface area contributed by atoms with Crippen molar-refractivity contribution < 1.29 is 13.9 Å². The topological polar surface area (TPSA) is 43.6 Å². The van der Waals surface area contributed by atoms with E-state index in [1.807, 2.05) is 6.07 Å². The zero-order valence-corrected chi connectivity index (χ0v) is 12.7. The van der Waals surface area contributed by atoms with E-state index in [0.717, 1.165) is 36.1 Å². The van der Waals surface area contributed by atoms with Gasteiger partial charge in [-0.3, -0.25) is 0 Å². The molecule has 0 aliphatic carbocycles. The Hall–Kier alpha value is -1.36. The molecule has 1 fully saturated rings. The Bertz CT molecular complexity index is 587. The molecule has 1 aliphatic heterocycles. The van der Waals surface area contributed by atoms with Crippen LogP contribution in [0.15, 0.2) is 28.7 Å². The highest BCUT2D eigenvalue weighted by Gasteiger charge is 2.24. The largest absolute Gasteiger partial charge is 0.459 e. The first-order valence-electron chi connectivity index (χ1n) is 7.73. The summed E-state index contributed by atoms with van der Waals surface area (Å²) in [7, 11) is 0. The molecule has 1 N–H and O–H groups in total. The summed E-state index contributed by atoms with van der Waals surface area (Å²) >= 11 is 0. The van der Waals surface area contributed by atoms with Gasteiger partial charge in [-0.05, 0) is 38.1 Å². The van der Waals surface area contributed by atoms with E-state index in [2.05, 4.69) is 37.4 Å². The first-order chi connectivity index (χ1) is 10.3. The second kappa shape index (κ2) is 6.60. The van der Waals surface area contributed by atoms with Crippen LogP contribution in [0.4, 0.5) is 0 Å². The van der Waals surface area contributed by atoms with E-state index in [-0.39, 0.29) is 12.3 Å². The van der Waals surface area contributed by atoms with Gasteiger partial charge in [-0.15, -0.1) is 0 Å². The predicted molar refractivity (Wildman–Crippen MR) is 82.3 cm³/mol. The number of ether oxygens (including phenoxy) is 2. The molecule has 4 nitrogen and oxygen atoms in total. The van der Waals surface area contributed by atoms with E-state index in [1.54, 1.807) is 0 Å². The van der Waals surface area contributed by atoms with Gasteiger partial charge in [0.25, 0.3) is 0 Å². The van der Waals surface area contributed by atoms with Gasteiger partial charge in [-0.1, -0.05) is 18.6 Å². The monoisotopic (exact) mass is 289 g/mol. The molecule has 21 heavy (non-hydrogen) atoms. The third-order valence-corrected chi connectivity index (χ3v) is 3.79. The lowest BCUT2D eigenvalue weighted by Gasteiger charge is -2.19. The van der Waals surface area contributed by atoms with Crippen LogP contribution in [-0.4, -0.2) is 26.0 Å². The van der Waals surface area contributed by atoms with Crippen LogP contribution in [0.2, 0.25) is 0 Å². The van der Waals surface area contributed by atoms with Gasteiger partial charge in [0.2, 0.25) is 0 Å². The minimum Gasteiger partial charge on any atom is -0.459 e. The molecular weight excluding hydrogens is 266 g/mol. The summed E-state index contributed by atoms with van der Waals surface area (Å²) in [4.78, 5) is 0. The fourth-order valence-electron chi connectivity index (χ4n) is 2.71. The Labute approximate surface area is 125 Å². The fourth-order valence-corrected chi connectivity index (χ4v) is 2.71. The van der Waals surface area contributed by atoms with Crippen molar-refractivity contribution in [1.82, 2.24) is 5.32 Å². The molecule has 0 spiro atoms. The van der Waals surface area contributed by atoms with Crippen molar-refractivity contribution >= 4 is 11.0 Å². The van der Waals surface area contributed by atoms with Crippen LogP contribution in [-0.2, 0) is 9.47 Å². The smallest absolute Gasteiger partial charge is 0.159 e. The summed E-state index contributed by atoms with van der Waals surface area (Å²) in [6, 6.07) is 8.52. The number of hydrogen-bond donors (Lipinski definition) is 1. The van der Waals surface area contributed by atoms with Crippen LogP contribution < -0.4 is 5.32 Å². The zero-order valence-electron chi connectivity index (χ0n) is 12.7. The summed E-state index contributed by atoms with van der Waals surface area (Å²) in [5.41, 5.74) is 2.18. The van der Waals surface area contributed by atoms with E-state index in [0.29, 0.717) is 13.2 Å². The van der Waals surface area contributed by atoms with Crippen LogP contribution in [0.1, 0.15) is 37.1 Å². The Morgan fingerprint density at radius 1 is 1.24 bits per heavy atom. The average molecular weight is 289 g/mol. The van der Waals surface area contributed by atoms with Gasteiger partial charge in [0.05, 0.1) is 19.3 Å². The Morgan fingerprint density at radius 2 is 2.05 bits per heavy atom. The third kappa shape index (κ3) is 3.46. The van der Waals surface area contributed by atoms with E-state index in [4.69, 9.17) is 13.9 Å². The standard InChI is InChI=1S/C17H23NO3/c1-3-6-18-14(11-17-19-7-8-20-17)16-10-13-9-12(2)4-5-15(13)21-16/h4-5,9-10,14,17-18H,3,6-8,11H2,1-2H3. The number of hydrogen-bond acceptors (Lipinski definition) is 4. The highest BCUT2D eigenvalue weighted by molar-refractivity contribution is 5.78. The SMILES string of the molecule is CCCNC(CC1OCCO1)c1cc2cc(C)ccc2o1. The van der Waals surface area contributed by atoms with Gasteiger partial charge in [0.1, 0.15) is 11.3 Å². The van der Waals surface area contributed by atoms with Crippen LogP contribution in [0.3, 0.4) is 0 Å². The van der Waals surface area contributed by atoms with Crippen molar-refractivity contribution in [2.24, 2.45) is 0 Å². The number of aryl methyl sites for hydroxylation is 1. The fraction of sp³-hybridized carbons (Fsp3) is 0.529. The van der Waals surface area contributed by atoms with Gasteiger partial charge < -0.3 is 19.2 Å². The first-order valence-corrected chi connectivity index (χ1v) is 7.73. The quantitative estimate of drug-likeness (QED) is 0.883. The number of benzene rings is 1. The molecule has 2 heterocycles. The van der Waals surface area contributed by atoms with Crippen LogP contribution in [0.5, 0.6) is 0 Å². The van der Waals surface area contributed by atoms with Crippen molar-refractivity contribution in [3.05, 3.63) is 35.6 Å². The lowest BCUT2D eigenvalue weighted by Crippen LogP contribution is -2.26. The normalized spacial score (nSPS) is 17.6. The van der Waals surface area contributed by atoms with Crippen LogP contribution in [0, 0.1) is 6.92 Å². The lowest BCUT2D eigenvalue weighted by molar-refractivity contribution is -0.0541. The minimum absolute atomic E-state index is 0.126. The molecule has 1 aromatic heterocycles. The molecular formula is C17H23NO3. The molecule has 1 saturated heterocycles. The highest BCUT2D eigenvalue weighted by atomic mass is 16.7. The summed E-state index contributed by atoms with van der Waals surface area (Å²) in [6.45, 7) is 6.58. The van der Waals surface area contributed by atoms with Crippen LogP contribution >= 0.6 is 0 Å². The van der Waals surface area contributed by atoms with Gasteiger partial charge >= 0.3 is 0 Å². The van der Waals surface area contributed by atoms with Gasteiger partial charge in [-0.25, -0.2) is 0 Å². The molecule has 0 bridgehead atoms. The molecule has 3 rings (SSSR count). The summed E-state index contributed by atoms with van der Waals surface area (Å²) in [5.74, 6) is 0.961. The van der Waals surface area contributed by atoms with E-state index in [1.165, 1.54) is 5.56 Å². The summed E-state index contributed by atoms with van der Waals surface area (Å²) < 4.78 is 17.2. The van der Waals surface area contributed by atoms with E-state index in [9.17, 15) is 0 Å². The minimum atomic E-state index is -0.130. The van der Waals surface area contributed by atoms with Crippen molar-refractivity contribution in [2.45, 2.75) is 39.0 Å². The van der Waals surface area contributed by atoms with Gasteiger partial charge in [0.15, 0.2) is 6.29 Å². The number of rotatable bonds is 6. The average Bonchev–Trinajstić information content (AvgIpc) is 3.11. The predicted octanol–water partition coefficient (Wildman–Crippen LogP) is 3.54. The first kappa shape index (κ1) is 14.6. The second-order valence-corrected chi connectivity index (χ2v) is 5.60.